The monoisotopic (exact) mass is 352 g/mol. The minimum absolute atomic E-state index is 0.119. The van der Waals surface area contributed by atoms with Crippen LogP contribution in [0.15, 0.2) is 49.1 Å². The zero-order chi connectivity index (χ0) is 17.9. The van der Waals surface area contributed by atoms with Gasteiger partial charge in [0.25, 0.3) is 0 Å². The predicted molar refractivity (Wildman–Crippen MR) is 97.8 cm³/mol. The first-order valence-electron chi connectivity index (χ1n) is 9.01. The van der Waals surface area contributed by atoms with Gasteiger partial charge in [0.15, 0.2) is 0 Å². The van der Waals surface area contributed by atoms with E-state index in [2.05, 4.69) is 45.9 Å². The molecule has 0 amide bonds. The summed E-state index contributed by atoms with van der Waals surface area (Å²) >= 11 is 0. The Morgan fingerprint density at radius 2 is 2.23 bits per heavy atom. The molecule has 0 radical (unpaired) electrons. The maximum atomic E-state index is 5.97. The van der Waals surface area contributed by atoms with Crippen LogP contribution < -0.4 is 5.32 Å². The van der Waals surface area contributed by atoms with E-state index in [1.165, 1.54) is 5.56 Å². The van der Waals surface area contributed by atoms with Crippen molar-refractivity contribution >= 4 is 0 Å². The minimum Gasteiger partial charge on any atom is -0.373 e. The number of aromatic nitrogens is 5. The van der Waals surface area contributed by atoms with Crippen LogP contribution in [0.25, 0.3) is 5.69 Å². The number of hydrogen-bond acceptors (Lipinski definition) is 5. The van der Waals surface area contributed by atoms with Crippen LogP contribution in [0.2, 0.25) is 0 Å². The molecule has 4 rings (SSSR count). The van der Waals surface area contributed by atoms with Gasteiger partial charge in [0.05, 0.1) is 30.4 Å². The highest BCUT2D eigenvalue weighted by molar-refractivity contribution is 5.41. The van der Waals surface area contributed by atoms with Gasteiger partial charge in [-0.15, -0.1) is 5.10 Å². The van der Waals surface area contributed by atoms with Crippen molar-refractivity contribution in [2.45, 2.75) is 25.5 Å². The van der Waals surface area contributed by atoms with Gasteiger partial charge in [-0.3, -0.25) is 4.68 Å². The molecule has 0 spiro atoms. The standard InChI is InChI=1S/C19H24N6O/c1-14(17-5-3-4-6-18(17)25-9-8-21-23-25)20-11-15-7-10-26-19(15)16-12-22-24(2)13-16/h3-6,8-9,12-15,19-20H,7,10-11H2,1-2H3/t14?,15-,19+/m0/s1. The molecule has 136 valence electrons. The highest BCUT2D eigenvalue weighted by atomic mass is 16.5. The highest BCUT2D eigenvalue weighted by Crippen LogP contribution is 2.34. The molecule has 3 atom stereocenters. The molecule has 2 aromatic heterocycles. The Kier molecular flexibility index (Phi) is 4.81. The van der Waals surface area contributed by atoms with E-state index in [-0.39, 0.29) is 12.1 Å². The van der Waals surface area contributed by atoms with Crippen molar-refractivity contribution in [3.8, 4) is 5.69 Å². The summed E-state index contributed by atoms with van der Waals surface area (Å²) in [5.41, 5.74) is 3.42. The van der Waals surface area contributed by atoms with Gasteiger partial charge in [0.1, 0.15) is 0 Å². The first-order chi connectivity index (χ1) is 12.7. The predicted octanol–water partition coefficient (Wildman–Crippen LogP) is 2.43. The Morgan fingerprint density at radius 3 is 3.00 bits per heavy atom. The van der Waals surface area contributed by atoms with Gasteiger partial charge in [-0.25, -0.2) is 4.68 Å². The molecule has 1 fully saturated rings. The fraction of sp³-hybridized carbons (Fsp3) is 0.421. The van der Waals surface area contributed by atoms with Crippen LogP contribution in [0.4, 0.5) is 0 Å². The second-order valence-electron chi connectivity index (χ2n) is 6.82. The summed E-state index contributed by atoms with van der Waals surface area (Å²) in [5.74, 6) is 0.445. The number of nitrogens with zero attached hydrogens (tertiary/aromatic N) is 5. The quantitative estimate of drug-likeness (QED) is 0.738. The summed E-state index contributed by atoms with van der Waals surface area (Å²) in [4.78, 5) is 0. The van der Waals surface area contributed by atoms with E-state index in [1.807, 2.05) is 41.1 Å². The van der Waals surface area contributed by atoms with Gasteiger partial charge in [-0.1, -0.05) is 23.4 Å². The van der Waals surface area contributed by atoms with Crippen LogP contribution in [0.3, 0.4) is 0 Å². The van der Waals surface area contributed by atoms with Crippen LogP contribution in [-0.4, -0.2) is 37.9 Å². The topological polar surface area (TPSA) is 69.8 Å². The van der Waals surface area contributed by atoms with Crippen molar-refractivity contribution in [3.05, 3.63) is 60.2 Å². The average molecular weight is 352 g/mol. The number of para-hydroxylation sites is 1. The minimum atomic E-state index is 0.119. The third kappa shape index (κ3) is 3.40. The van der Waals surface area contributed by atoms with Crippen LogP contribution >= 0.6 is 0 Å². The first kappa shape index (κ1) is 16.9. The van der Waals surface area contributed by atoms with E-state index >= 15 is 0 Å². The van der Waals surface area contributed by atoms with Gasteiger partial charge in [-0.2, -0.15) is 5.10 Å². The molecule has 7 nitrogen and oxygen atoms in total. The number of aryl methyl sites for hydroxylation is 1. The largest absolute Gasteiger partial charge is 0.373 e. The molecule has 7 heteroatoms. The molecule has 1 aliphatic heterocycles. The molecule has 1 aromatic carbocycles. The molecular formula is C19H24N6O. The average Bonchev–Trinajstić information content (AvgIpc) is 3.41. The van der Waals surface area contributed by atoms with Gasteiger partial charge in [0, 0.05) is 43.9 Å². The molecule has 3 heterocycles. The summed E-state index contributed by atoms with van der Waals surface area (Å²) in [5, 5.41) is 16.0. The number of hydrogen-bond donors (Lipinski definition) is 1. The Labute approximate surface area is 153 Å². The van der Waals surface area contributed by atoms with E-state index in [1.54, 1.807) is 6.20 Å². The summed E-state index contributed by atoms with van der Waals surface area (Å²) in [6, 6.07) is 8.49. The fourth-order valence-corrected chi connectivity index (χ4v) is 3.64. The van der Waals surface area contributed by atoms with Gasteiger partial charge in [-0.05, 0) is 25.0 Å². The normalized spacial score (nSPS) is 21.2. The van der Waals surface area contributed by atoms with Gasteiger partial charge >= 0.3 is 0 Å². The first-order valence-corrected chi connectivity index (χ1v) is 9.01. The molecule has 0 aliphatic carbocycles. The second kappa shape index (κ2) is 7.39. The number of benzene rings is 1. The van der Waals surface area contributed by atoms with Crippen LogP contribution in [0.1, 0.15) is 36.6 Å². The second-order valence-corrected chi connectivity index (χ2v) is 6.82. The lowest BCUT2D eigenvalue weighted by atomic mass is 9.96. The molecule has 1 saturated heterocycles. The zero-order valence-corrected chi connectivity index (χ0v) is 15.1. The number of ether oxygens (including phenoxy) is 1. The molecule has 26 heavy (non-hydrogen) atoms. The molecule has 0 bridgehead atoms. The van der Waals surface area contributed by atoms with E-state index in [0.29, 0.717) is 5.92 Å². The van der Waals surface area contributed by atoms with Crippen molar-refractivity contribution in [3.63, 3.8) is 0 Å². The van der Waals surface area contributed by atoms with Crippen molar-refractivity contribution < 1.29 is 4.74 Å². The SMILES string of the molecule is CC(NC[C@@H]1CCO[C@H]1c1cnn(C)c1)c1ccccc1-n1ccnn1. The molecular weight excluding hydrogens is 328 g/mol. The van der Waals surface area contributed by atoms with Crippen molar-refractivity contribution in [2.24, 2.45) is 13.0 Å². The van der Waals surface area contributed by atoms with E-state index in [4.69, 9.17) is 4.74 Å². The van der Waals surface area contributed by atoms with Crippen molar-refractivity contribution in [2.75, 3.05) is 13.2 Å². The number of rotatable bonds is 6. The molecule has 0 saturated carbocycles. The van der Waals surface area contributed by atoms with E-state index < -0.39 is 0 Å². The lowest BCUT2D eigenvalue weighted by Crippen LogP contribution is -2.28. The highest BCUT2D eigenvalue weighted by Gasteiger charge is 2.30. The molecule has 1 aliphatic rings. The van der Waals surface area contributed by atoms with Crippen LogP contribution in [0.5, 0.6) is 0 Å². The van der Waals surface area contributed by atoms with Gasteiger partial charge in [0.2, 0.25) is 0 Å². The molecule has 1 N–H and O–H groups in total. The van der Waals surface area contributed by atoms with E-state index in [9.17, 15) is 0 Å². The van der Waals surface area contributed by atoms with Crippen molar-refractivity contribution in [1.29, 1.82) is 0 Å². The van der Waals surface area contributed by atoms with Crippen molar-refractivity contribution in [1.82, 2.24) is 30.1 Å². The maximum absolute atomic E-state index is 5.97. The van der Waals surface area contributed by atoms with E-state index in [0.717, 1.165) is 30.8 Å². The van der Waals surface area contributed by atoms with Gasteiger partial charge < -0.3 is 10.1 Å². The zero-order valence-electron chi connectivity index (χ0n) is 15.1. The Bertz CT molecular complexity index is 843. The lowest BCUT2D eigenvalue weighted by molar-refractivity contribution is 0.0899. The maximum Gasteiger partial charge on any atom is 0.0896 e. The fourth-order valence-electron chi connectivity index (χ4n) is 3.64. The Hall–Kier alpha value is -2.51. The smallest absolute Gasteiger partial charge is 0.0896 e. The summed E-state index contributed by atoms with van der Waals surface area (Å²) < 4.78 is 9.61. The Balaban J connectivity index is 1.45. The summed E-state index contributed by atoms with van der Waals surface area (Å²) in [6.07, 6.45) is 8.70. The van der Waals surface area contributed by atoms with Crippen LogP contribution in [0, 0.1) is 5.92 Å². The summed E-state index contributed by atoms with van der Waals surface area (Å²) in [6.45, 7) is 3.88. The lowest BCUT2D eigenvalue weighted by Gasteiger charge is -2.22. The third-order valence-electron chi connectivity index (χ3n) is 5.03. The Morgan fingerprint density at radius 1 is 1.35 bits per heavy atom. The molecule has 1 unspecified atom stereocenters. The third-order valence-corrected chi connectivity index (χ3v) is 5.03. The summed E-state index contributed by atoms with van der Waals surface area (Å²) in [7, 11) is 1.94. The molecule has 3 aromatic rings. The number of nitrogens with one attached hydrogen (secondary N) is 1. The van der Waals surface area contributed by atoms with Crippen LogP contribution in [-0.2, 0) is 11.8 Å².